The van der Waals surface area contributed by atoms with Crippen molar-refractivity contribution in [3.63, 3.8) is 0 Å². The second-order valence-corrected chi connectivity index (χ2v) is 4.35. The first kappa shape index (κ1) is 12.5. The van der Waals surface area contributed by atoms with E-state index in [1.54, 1.807) is 7.11 Å². The maximum Gasteiger partial charge on any atom is 0.119 e. The van der Waals surface area contributed by atoms with E-state index in [0.717, 1.165) is 22.4 Å². The predicted molar refractivity (Wildman–Crippen MR) is 72.8 cm³/mol. The lowest BCUT2D eigenvalue weighted by molar-refractivity contribution is 0.415. The SMILES string of the molecule is COc1cccc(-c2cc(Cl)cc(CC#N)c2)c1. The lowest BCUT2D eigenvalue weighted by Crippen LogP contribution is -1.87. The molecular formula is C15H12ClNO. The maximum atomic E-state index is 8.74. The molecule has 0 saturated carbocycles. The van der Waals surface area contributed by atoms with Gasteiger partial charge in [-0.2, -0.15) is 5.26 Å². The van der Waals surface area contributed by atoms with Gasteiger partial charge in [-0.3, -0.25) is 0 Å². The molecule has 0 aliphatic heterocycles. The van der Waals surface area contributed by atoms with Crippen molar-refractivity contribution < 1.29 is 4.74 Å². The van der Waals surface area contributed by atoms with Crippen LogP contribution >= 0.6 is 11.6 Å². The summed E-state index contributed by atoms with van der Waals surface area (Å²) >= 11 is 6.07. The van der Waals surface area contributed by atoms with E-state index in [4.69, 9.17) is 21.6 Å². The Bertz CT molecular complexity index is 602. The molecule has 0 atom stereocenters. The van der Waals surface area contributed by atoms with Gasteiger partial charge in [0.1, 0.15) is 5.75 Å². The largest absolute Gasteiger partial charge is 0.497 e. The smallest absolute Gasteiger partial charge is 0.119 e. The highest BCUT2D eigenvalue weighted by Gasteiger charge is 2.03. The fraction of sp³-hybridized carbons (Fsp3) is 0.133. The normalized spacial score (nSPS) is 9.83. The maximum absolute atomic E-state index is 8.74. The van der Waals surface area contributed by atoms with Crippen molar-refractivity contribution >= 4 is 11.6 Å². The van der Waals surface area contributed by atoms with Crippen molar-refractivity contribution in [2.45, 2.75) is 6.42 Å². The molecular weight excluding hydrogens is 246 g/mol. The molecule has 2 rings (SSSR count). The van der Waals surface area contributed by atoms with E-state index in [2.05, 4.69) is 6.07 Å². The zero-order valence-electron chi connectivity index (χ0n) is 9.98. The highest BCUT2D eigenvalue weighted by atomic mass is 35.5. The number of benzene rings is 2. The Morgan fingerprint density at radius 2 is 2.00 bits per heavy atom. The first-order valence-electron chi connectivity index (χ1n) is 5.54. The van der Waals surface area contributed by atoms with Gasteiger partial charge in [-0.1, -0.05) is 29.8 Å². The van der Waals surface area contributed by atoms with E-state index in [9.17, 15) is 0 Å². The van der Waals surface area contributed by atoms with Crippen LogP contribution < -0.4 is 4.74 Å². The Hall–Kier alpha value is -1.98. The molecule has 0 bridgehead atoms. The average Bonchev–Trinajstić information content (AvgIpc) is 2.38. The fourth-order valence-corrected chi connectivity index (χ4v) is 2.07. The van der Waals surface area contributed by atoms with Gasteiger partial charge in [-0.25, -0.2) is 0 Å². The molecule has 18 heavy (non-hydrogen) atoms. The van der Waals surface area contributed by atoms with Crippen molar-refractivity contribution in [1.29, 1.82) is 5.26 Å². The summed E-state index contributed by atoms with van der Waals surface area (Å²) in [7, 11) is 1.64. The van der Waals surface area contributed by atoms with Crippen molar-refractivity contribution in [2.75, 3.05) is 7.11 Å². The summed E-state index contributed by atoms with van der Waals surface area (Å²) in [4.78, 5) is 0. The number of ether oxygens (including phenoxy) is 1. The zero-order valence-corrected chi connectivity index (χ0v) is 10.7. The average molecular weight is 258 g/mol. The molecule has 2 aromatic rings. The summed E-state index contributed by atoms with van der Waals surface area (Å²) < 4.78 is 5.20. The Labute approximate surface area is 111 Å². The second-order valence-electron chi connectivity index (χ2n) is 3.92. The van der Waals surface area contributed by atoms with Crippen molar-refractivity contribution in [3.8, 4) is 22.9 Å². The first-order chi connectivity index (χ1) is 8.72. The predicted octanol–water partition coefficient (Wildman–Crippen LogP) is 4.08. The molecule has 0 fully saturated rings. The summed E-state index contributed by atoms with van der Waals surface area (Å²) in [5, 5.41) is 9.38. The molecule has 0 heterocycles. The molecule has 0 unspecified atom stereocenters. The fourth-order valence-electron chi connectivity index (χ4n) is 1.81. The quantitative estimate of drug-likeness (QED) is 0.830. The Morgan fingerprint density at radius 3 is 2.72 bits per heavy atom. The summed E-state index contributed by atoms with van der Waals surface area (Å²) in [6.45, 7) is 0. The minimum absolute atomic E-state index is 0.359. The molecule has 0 aliphatic rings. The molecule has 0 saturated heterocycles. The highest BCUT2D eigenvalue weighted by molar-refractivity contribution is 6.31. The number of halogens is 1. The van der Waals surface area contributed by atoms with E-state index < -0.39 is 0 Å². The monoisotopic (exact) mass is 257 g/mol. The summed E-state index contributed by atoms with van der Waals surface area (Å²) in [6, 6.07) is 15.6. The van der Waals surface area contributed by atoms with Crippen molar-refractivity contribution in [1.82, 2.24) is 0 Å². The molecule has 0 amide bonds. The summed E-state index contributed by atoms with van der Waals surface area (Å²) in [5.41, 5.74) is 2.94. The van der Waals surface area contributed by atoms with Gasteiger partial charge in [0.25, 0.3) is 0 Å². The van der Waals surface area contributed by atoms with Gasteiger partial charge in [0, 0.05) is 5.02 Å². The number of rotatable bonds is 3. The molecule has 90 valence electrons. The van der Waals surface area contributed by atoms with Crippen LogP contribution in [-0.4, -0.2) is 7.11 Å². The Balaban J connectivity index is 2.46. The van der Waals surface area contributed by atoms with Gasteiger partial charge >= 0.3 is 0 Å². The van der Waals surface area contributed by atoms with Gasteiger partial charge in [-0.15, -0.1) is 0 Å². The van der Waals surface area contributed by atoms with E-state index in [-0.39, 0.29) is 0 Å². The molecule has 0 N–H and O–H groups in total. The number of hydrogen-bond acceptors (Lipinski definition) is 2. The van der Waals surface area contributed by atoms with Gasteiger partial charge in [0.05, 0.1) is 19.6 Å². The third-order valence-corrected chi connectivity index (χ3v) is 2.86. The lowest BCUT2D eigenvalue weighted by atomic mass is 10.0. The number of methoxy groups -OCH3 is 1. The van der Waals surface area contributed by atoms with Crippen LogP contribution in [0.4, 0.5) is 0 Å². The summed E-state index contributed by atoms with van der Waals surface area (Å²) in [5.74, 6) is 0.800. The van der Waals surface area contributed by atoms with Crippen LogP contribution in [-0.2, 0) is 6.42 Å². The number of hydrogen-bond donors (Lipinski definition) is 0. The third-order valence-electron chi connectivity index (χ3n) is 2.64. The van der Waals surface area contributed by atoms with Gasteiger partial charge in [0.15, 0.2) is 0 Å². The second kappa shape index (κ2) is 5.57. The number of nitriles is 1. The molecule has 0 radical (unpaired) electrons. The Kier molecular flexibility index (Phi) is 3.86. The standard InChI is InChI=1S/C15H12ClNO/c1-18-15-4-2-3-12(10-15)13-7-11(5-6-17)8-14(16)9-13/h2-4,7-10H,5H2,1H3. The van der Waals surface area contributed by atoms with Crippen LogP contribution in [0.2, 0.25) is 5.02 Å². The van der Waals surface area contributed by atoms with Gasteiger partial charge < -0.3 is 4.74 Å². The van der Waals surface area contributed by atoms with E-state index in [1.807, 2.05) is 42.5 Å². The first-order valence-corrected chi connectivity index (χ1v) is 5.91. The van der Waals surface area contributed by atoms with E-state index in [0.29, 0.717) is 11.4 Å². The molecule has 0 aromatic heterocycles. The van der Waals surface area contributed by atoms with E-state index >= 15 is 0 Å². The highest BCUT2D eigenvalue weighted by Crippen LogP contribution is 2.27. The molecule has 0 aliphatic carbocycles. The van der Waals surface area contributed by atoms with Crippen LogP contribution in [0.3, 0.4) is 0 Å². The number of nitrogens with zero attached hydrogens (tertiary/aromatic N) is 1. The van der Waals surface area contributed by atoms with Crippen LogP contribution in [0.15, 0.2) is 42.5 Å². The van der Waals surface area contributed by atoms with Crippen LogP contribution in [0.25, 0.3) is 11.1 Å². The lowest BCUT2D eigenvalue weighted by Gasteiger charge is -2.07. The van der Waals surface area contributed by atoms with Gasteiger partial charge in [-0.05, 0) is 41.0 Å². The molecule has 2 aromatic carbocycles. The molecule has 2 nitrogen and oxygen atoms in total. The van der Waals surface area contributed by atoms with Crippen LogP contribution in [0.1, 0.15) is 5.56 Å². The molecule has 0 spiro atoms. The minimum atomic E-state index is 0.359. The van der Waals surface area contributed by atoms with Gasteiger partial charge in [0.2, 0.25) is 0 Å². The van der Waals surface area contributed by atoms with E-state index in [1.165, 1.54) is 0 Å². The van der Waals surface area contributed by atoms with Crippen LogP contribution in [0.5, 0.6) is 5.75 Å². The minimum Gasteiger partial charge on any atom is -0.497 e. The molecule has 3 heteroatoms. The van der Waals surface area contributed by atoms with Crippen molar-refractivity contribution in [2.24, 2.45) is 0 Å². The zero-order chi connectivity index (χ0) is 13.0. The third kappa shape index (κ3) is 2.82. The Morgan fingerprint density at radius 1 is 1.17 bits per heavy atom. The topological polar surface area (TPSA) is 33.0 Å². The van der Waals surface area contributed by atoms with Crippen molar-refractivity contribution in [3.05, 3.63) is 53.1 Å². The van der Waals surface area contributed by atoms with Crippen LogP contribution in [0, 0.1) is 11.3 Å². The summed E-state index contributed by atoms with van der Waals surface area (Å²) in [6.07, 6.45) is 0.359.